The van der Waals surface area contributed by atoms with Gasteiger partial charge in [0.15, 0.2) is 11.0 Å². The lowest BCUT2D eigenvalue weighted by atomic mass is 10.2. The second-order valence-electron chi connectivity index (χ2n) is 4.14. The van der Waals surface area contributed by atoms with Gasteiger partial charge < -0.3 is 5.32 Å². The highest BCUT2D eigenvalue weighted by Crippen LogP contribution is 2.24. The number of nitrogens with zero attached hydrogens (tertiary/aromatic N) is 2. The van der Waals surface area contributed by atoms with E-state index in [1.54, 1.807) is 6.07 Å². The van der Waals surface area contributed by atoms with E-state index in [1.807, 2.05) is 26.8 Å². The van der Waals surface area contributed by atoms with Crippen LogP contribution in [-0.2, 0) is 0 Å². The quantitative estimate of drug-likeness (QED) is 0.894. The molecule has 0 amide bonds. The summed E-state index contributed by atoms with van der Waals surface area (Å²) in [5, 5.41) is 3.09. The average Bonchev–Trinajstić information content (AvgIpc) is 2.29. The van der Waals surface area contributed by atoms with Crippen LogP contribution in [0.2, 0.25) is 5.15 Å². The molecule has 18 heavy (non-hydrogen) atoms. The van der Waals surface area contributed by atoms with Crippen molar-refractivity contribution in [2.75, 3.05) is 5.32 Å². The predicted molar refractivity (Wildman–Crippen MR) is 70.9 cm³/mol. The highest BCUT2D eigenvalue weighted by molar-refractivity contribution is 6.31. The molecule has 0 fully saturated rings. The molecule has 0 saturated heterocycles. The molecule has 3 nitrogen and oxygen atoms in total. The van der Waals surface area contributed by atoms with E-state index in [1.165, 1.54) is 6.07 Å². The van der Waals surface area contributed by atoms with Crippen molar-refractivity contribution in [3.05, 3.63) is 46.1 Å². The Kier molecular flexibility index (Phi) is 3.48. The predicted octanol–water partition coefficient (Wildman–Crippen LogP) is 3.94. The molecule has 0 spiro atoms. The second kappa shape index (κ2) is 4.90. The molecule has 0 aliphatic carbocycles. The van der Waals surface area contributed by atoms with Gasteiger partial charge in [0.1, 0.15) is 5.82 Å². The van der Waals surface area contributed by atoms with Crippen molar-refractivity contribution in [1.82, 2.24) is 9.97 Å². The zero-order valence-corrected chi connectivity index (χ0v) is 11.1. The Morgan fingerprint density at radius 2 is 1.78 bits per heavy atom. The van der Waals surface area contributed by atoms with Crippen LogP contribution in [0.3, 0.4) is 0 Å². The fourth-order valence-corrected chi connectivity index (χ4v) is 1.72. The minimum atomic E-state index is -0.342. The number of benzene rings is 1. The van der Waals surface area contributed by atoms with Crippen LogP contribution in [0.25, 0.3) is 0 Å². The Labute approximate surface area is 110 Å². The van der Waals surface area contributed by atoms with Crippen LogP contribution in [0, 0.1) is 26.6 Å². The fraction of sp³-hybridized carbons (Fsp3) is 0.231. The minimum absolute atomic E-state index is 0.234. The Bertz CT molecular complexity index is 599. The lowest BCUT2D eigenvalue weighted by Crippen LogP contribution is -2.02. The topological polar surface area (TPSA) is 37.8 Å². The molecule has 0 atom stereocenters. The van der Waals surface area contributed by atoms with Gasteiger partial charge in [0.05, 0.1) is 17.1 Å². The standard InChI is InChI=1S/C13H13ClFN3/c1-7-4-5-11(10(15)6-7)18-13-12(14)16-8(2)9(3)17-13/h4-6H,1-3H3,(H,17,18). The summed E-state index contributed by atoms with van der Waals surface area (Å²) < 4.78 is 13.7. The number of anilines is 2. The van der Waals surface area contributed by atoms with Gasteiger partial charge in [-0.25, -0.2) is 14.4 Å². The SMILES string of the molecule is Cc1ccc(Nc2nc(C)c(C)nc2Cl)c(F)c1. The third-order valence-corrected chi connectivity index (χ3v) is 2.91. The maximum atomic E-state index is 13.7. The van der Waals surface area contributed by atoms with Crippen molar-refractivity contribution in [3.63, 3.8) is 0 Å². The first-order chi connectivity index (χ1) is 8.47. The van der Waals surface area contributed by atoms with E-state index in [-0.39, 0.29) is 11.0 Å². The van der Waals surface area contributed by atoms with Gasteiger partial charge in [-0.15, -0.1) is 0 Å². The van der Waals surface area contributed by atoms with Crippen molar-refractivity contribution >= 4 is 23.1 Å². The van der Waals surface area contributed by atoms with E-state index in [4.69, 9.17) is 11.6 Å². The smallest absolute Gasteiger partial charge is 0.172 e. The van der Waals surface area contributed by atoms with Crippen LogP contribution in [-0.4, -0.2) is 9.97 Å². The van der Waals surface area contributed by atoms with E-state index >= 15 is 0 Å². The highest BCUT2D eigenvalue weighted by Gasteiger charge is 2.09. The first-order valence-electron chi connectivity index (χ1n) is 5.51. The van der Waals surface area contributed by atoms with Crippen LogP contribution in [0.5, 0.6) is 0 Å². The molecule has 1 heterocycles. The third-order valence-electron chi connectivity index (χ3n) is 2.64. The molecule has 5 heteroatoms. The molecule has 0 aliphatic rings. The number of aryl methyl sites for hydroxylation is 3. The number of hydrogen-bond acceptors (Lipinski definition) is 3. The molecule has 1 aromatic heterocycles. The lowest BCUT2D eigenvalue weighted by Gasteiger charge is -2.10. The van der Waals surface area contributed by atoms with Crippen molar-refractivity contribution in [2.45, 2.75) is 20.8 Å². The Hall–Kier alpha value is -1.68. The van der Waals surface area contributed by atoms with Crippen LogP contribution < -0.4 is 5.32 Å². The van der Waals surface area contributed by atoms with Crippen LogP contribution in [0.1, 0.15) is 17.0 Å². The van der Waals surface area contributed by atoms with E-state index in [0.717, 1.165) is 17.0 Å². The first kappa shape index (κ1) is 12.8. The van der Waals surface area contributed by atoms with Gasteiger partial charge in [0.25, 0.3) is 0 Å². The van der Waals surface area contributed by atoms with Crippen LogP contribution in [0.4, 0.5) is 15.9 Å². The fourth-order valence-electron chi connectivity index (χ4n) is 1.50. The third kappa shape index (κ3) is 2.59. The summed E-state index contributed by atoms with van der Waals surface area (Å²) >= 11 is 5.98. The molecule has 0 saturated carbocycles. The van der Waals surface area contributed by atoms with E-state index < -0.39 is 0 Å². The van der Waals surface area contributed by atoms with Gasteiger partial charge in [-0.3, -0.25) is 0 Å². The first-order valence-corrected chi connectivity index (χ1v) is 5.89. The number of nitrogens with one attached hydrogen (secondary N) is 1. The molecule has 0 bridgehead atoms. The van der Waals surface area contributed by atoms with Crippen molar-refractivity contribution in [1.29, 1.82) is 0 Å². The zero-order valence-electron chi connectivity index (χ0n) is 10.4. The highest BCUT2D eigenvalue weighted by atomic mass is 35.5. The van der Waals surface area contributed by atoms with Crippen molar-refractivity contribution in [2.24, 2.45) is 0 Å². The summed E-state index contributed by atoms with van der Waals surface area (Å²) in [6.07, 6.45) is 0. The molecule has 94 valence electrons. The minimum Gasteiger partial charge on any atom is -0.335 e. The Morgan fingerprint density at radius 1 is 1.11 bits per heavy atom. The largest absolute Gasteiger partial charge is 0.335 e. The summed E-state index contributed by atoms with van der Waals surface area (Å²) in [6, 6.07) is 4.91. The van der Waals surface area contributed by atoms with Gasteiger partial charge in [-0.1, -0.05) is 17.7 Å². The molecular weight excluding hydrogens is 253 g/mol. The number of rotatable bonds is 2. The molecule has 0 unspecified atom stereocenters. The molecule has 0 radical (unpaired) electrons. The monoisotopic (exact) mass is 265 g/mol. The molecule has 1 aromatic carbocycles. The summed E-state index contributed by atoms with van der Waals surface area (Å²) in [4.78, 5) is 8.39. The van der Waals surface area contributed by atoms with Gasteiger partial charge in [-0.05, 0) is 38.5 Å². The van der Waals surface area contributed by atoms with Gasteiger partial charge in [0.2, 0.25) is 0 Å². The maximum Gasteiger partial charge on any atom is 0.172 e. The number of hydrogen-bond donors (Lipinski definition) is 1. The van der Waals surface area contributed by atoms with E-state index in [9.17, 15) is 4.39 Å². The van der Waals surface area contributed by atoms with Gasteiger partial charge in [0, 0.05) is 0 Å². The van der Waals surface area contributed by atoms with Gasteiger partial charge in [-0.2, -0.15) is 0 Å². The second-order valence-corrected chi connectivity index (χ2v) is 4.50. The van der Waals surface area contributed by atoms with Crippen molar-refractivity contribution in [3.8, 4) is 0 Å². The van der Waals surface area contributed by atoms with Crippen LogP contribution >= 0.6 is 11.6 Å². The lowest BCUT2D eigenvalue weighted by molar-refractivity contribution is 0.630. The summed E-state index contributed by atoms with van der Waals surface area (Å²) in [6.45, 7) is 5.48. The number of halogens is 2. The van der Waals surface area contributed by atoms with E-state index in [0.29, 0.717) is 11.5 Å². The number of aromatic nitrogens is 2. The molecule has 0 aliphatic heterocycles. The van der Waals surface area contributed by atoms with Gasteiger partial charge >= 0.3 is 0 Å². The van der Waals surface area contributed by atoms with Crippen LogP contribution in [0.15, 0.2) is 18.2 Å². The molecule has 2 rings (SSSR count). The van der Waals surface area contributed by atoms with E-state index in [2.05, 4.69) is 15.3 Å². The average molecular weight is 266 g/mol. The zero-order chi connectivity index (χ0) is 13.3. The summed E-state index contributed by atoms with van der Waals surface area (Å²) in [5.41, 5.74) is 2.71. The Balaban J connectivity index is 2.37. The molecule has 1 N–H and O–H groups in total. The summed E-state index contributed by atoms with van der Waals surface area (Å²) in [7, 11) is 0. The Morgan fingerprint density at radius 3 is 2.44 bits per heavy atom. The molecular formula is C13H13ClFN3. The maximum absolute atomic E-state index is 13.7. The summed E-state index contributed by atoms with van der Waals surface area (Å²) in [5.74, 6) is 0.0219. The normalized spacial score (nSPS) is 10.5. The van der Waals surface area contributed by atoms with Crippen molar-refractivity contribution < 1.29 is 4.39 Å². The molecule has 2 aromatic rings.